The summed E-state index contributed by atoms with van der Waals surface area (Å²) in [6.07, 6.45) is 2.32. The zero-order valence-electron chi connectivity index (χ0n) is 6.54. The van der Waals surface area contributed by atoms with Gasteiger partial charge in [0.25, 0.3) is 5.97 Å². The van der Waals surface area contributed by atoms with E-state index in [1.165, 1.54) is 0 Å². The smallest absolute Gasteiger partial charge is 0.275 e. The van der Waals surface area contributed by atoms with Gasteiger partial charge in [0.1, 0.15) is 0 Å². The molecule has 0 aliphatic heterocycles. The second kappa shape index (κ2) is 6.74. The SMILES string of the molecule is C=CC.CCCC(O)(O)O. The fourth-order valence-corrected chi connectivity index (χ4v) is 0.335. The molecule has 0 amide bonds. The summed E-state index contributed by atoms with van der Waals surface area (Å²) in [5.41, 5.74) is 0. The minimum atomic E-state index is -2.45. The molecule has 0 aromatic rings. The van der Waals surface area contributed by atoms with Crippen LogP contribution in [0, 0.1) is 0 Å². The lowest BCUT2D eigenvalue weighted by Gasteiger charge is -2.10. The highest BCUT2D eigenvalue weighted by molar-refractivity contribution is 4.51. The van der Waals surface area contributed by atoms with Gasteiger partial charge in [-0.2, -0.15) is 0 Å². The molecule has 0 rings (SSSR count). The van der Waals surface area contributed by atoms with Gasteiger partial charge in [-0.05, 0) is 13.3 Å². The highest BCUT2D eigenvalue weighted by Gasteiger charge is 2.14. The van der Waals surface area contributed by atoms with Gasteiger partial charge in [-0.25, -0.2) is 0 Å². The summed E-state index contributed by atoms with van der Waals surface area (Å²) in [5.74, 6) is -2.45. The Morgan fingerprint density at radius 3 is 1.70 bits per heavy atom. The first-order valence-electron chi connectivity index (χ1n) is 3.22. The van der Waals surface area contributed by atoms with Crippen LogP contribution in [0.25, 0.3) is 0 Å². The Labute approximate surface area is 61.6 Å². The number of rotatable bonds is 2. The van der Waals surface area contributed by atoms with Gasteiger partial charge < -0.3 is 15.3 Å². The minimum Gasteiger partial charge on any atom is -0.344 e. The molecule has 0 radical (unpaired) electrons. The van der Waals surface area contributed by atoms with Gasteiger partial charge in [0.2, 0.25) is 0 Å². The van der Waals surface area contributed by atoms with Crippen molar-refractivity contribution in [1.82, 2.24) is 0 Å². The fourth-order valence-electron chi connectivity index (χ4n) is 0.335. The number of hydrogen-bond donors (Lipinski definition) is 3. The molecule has 0 unspecified atom stereocenters. The molecule has 3 N–H and O–H groups in total. The molecular weight excluding hydrogens is 132 g/mol. The van der Waals surface area contributed by atoms with Gasteiger partial charge in [0, 0.05) is 6.42 Å². The molecule has 0 saturated carbocycles. The van der Waals surface area contributed by atoms with E-state index >= 15 is 0 Å². The highest BCUT2D eigenvalue weighted by atomic mass is 16.7. The third-order valence-corrected chi connectivity index (χ3v) is 0.585. The zero-order chi connectivity index (χ0) is 8.62. The molecule has 0 aliphatic carbocycles. The van der Waals surface area contributed by atoms with Crippen LogP contribution in [0.2, 0.25) is 0 Å². The van der Waals surface area contributed by atoms with Crippen LogP contribution in [0.3, 0.4) is 0 Å². The topological polar surface area (TPSA) is 60.7 Å². The van der Waals surface area contributed by atoms with E-state index in [1.807, 2.05) is 6.92 Å². The summed E-state index contributed by atoms with van der Waals surface area (Å²) >= 11 is 0. The molecule has 0 aromatic heterocycles. The quantitative estimate of drug-likeness (QED) is 0.397. The van der Waals surface area contributed by atoms with Crippen molar-refractivity contribution < 1.29 is 15.3 Å². The van der Waals surface area contributed by atoms with E-state index in [1.54, 1.807) is 13.0 Å². The average molecular weight is 148 g/mol. The number of allylic oxidation sites excluding steroid dienone is 1. The van der Waals surface area contributed by atoms with Gasteiger partial charge >= 0.3 is 0 Å². The lowest BCUT2D eigenvalue weighted by Crippen LogP contribution is -2.26. The standard InChI is InChI=1S/C4H10O3.C3H6/c1-2-3-4(5,6)7;1-3-2/h5-7H,2-3H2,1H3;3H,1H2,2H3. The Bertz CT molecular complexity index is 73.4. The second-order valence-corrected chi connectivity index (χ2v) is 1.93. The van der Waals surface area contributed by atoms with Crippen LogP contribution in [0.1, 0.15) is 26.7 Å². The van der Waals surface area contributed by atoms with Crippen molar-refractivity contribution in [3.8, 4) is 0 Å². The zero-order valence-corrected chi connectivity index (χ0v) is 6.54. The molecule has 0 aromatic carbocycles. The molecule has 0 saturated heterocycles. The number of aliphatic hydroxyl groups is 3. The van der Waals surface area contributed by atoms with Gasteiger partial charge in [0.05, 0.1) is 0 Å². The monoisotopic (exact) mass is 148 g/mol. The molecule has 0 atom stereocenters. The Hall–Kier alpha value is -0.380. The average Bonchev–Trinajstić information content (AvgIpc) is 1.63. The predicted octanol–water partition coefficient (Wildman–Crippen LogP) is 0.609. The van der Waals surface area contributed by atoms with Crippen molar-refractivity contribution in [2.75, 3.05) is 0 Å². The van der Waals surface area contributed by atoms with Gasteiger partial charge in [0.15, 0.2) is 0 Å². The van der Waals surface area contributed by atoms with Crippen molar-refractivity contribution in [3.05, 3.63) is 12.7 Å². The maximum absolute atomic E-state index is 8.13. The van der Waals surface area contributed by atoms with Crippen molar-refractivity contribution in [1.29, 1.82) is 0 Å². The van der Waals surface area contributed by atoms with Gasteiger partial charge in [-0.15, -0.1) is 6.58 Å². The highest BCUT2D eigenvalue weighted by Crippen LogP contribution is 2.01. The van der Waals surface area contributed by atoms with E-state index in [0.29, 0.717) is 6.42 Å². The lowest BCUT2D eigenvalue weighted by molar-refractivity contribution is -0.314. The molecule has 3 nitrogen and oxygen atoms in total. The summed E-state index contributed by atoms with van der Waals surface area (Å²) in [6, 6.07) is 0. The molecule has 0 fully saturated rings. The molecule has 3 heteroatoms. The van der Waals surface area contributed by atoms with E-state index < -0.39 is 5.97 Å². The molecule has 0 spiro atoms. The van der Waals surface area contributed by atoms with Crippen molar-refractivity contribution >= 4 is 0 Å². The summed E-state index contributed by atoms with van der Waals surface area (Å²) in [4.78, 5) is 0. The maximum Gasteiger partial charge on any atom is 0.275 e. The lowest BCUT2D eigenvalue weighted by atomic mass is 10.3. The molecule has 0 bridgehead atoms. The van der Waals surface area contributed by atoms with E-state index in [4.69, 9.17) is 15.3 Å². The normalized spacial score (nSPS) is 9.70. The predicted molar refractivity (Wildman–Crippen MR) is 40.2 cm³/mol. The Morgan fingerprint density at radius 2 is 1.70 bits per heavy atom. The van der Waals surface area contributed by atoms with Crippen LogP contribution in [-0.2, 0) is 0 Å². The Morgan fingerprint density at radius 1 is 1.40 bits per heavy atom. The van der Waals surface area contributed by atoms with Gasteiger partial charge in [-0.3, -0.25) is 0 Å². The third-order valence-electron chi connectivity index (χ3n) is 0.585. The summed E-state index contributed by atoms with van der Waals surface area (Å²) in [6.45, 7) is 7.00. The van der Waals surface area contributed by atoms with Crippen LogP contribution in [0.4, 0.5) is 0 Å². The van der Waals surface area contributed by atoms with Gasteiger partial charge in [-0.1, -0.05) is 13.0 Å². The summed E-state index contributed by atoms with van der Waals surface area (Å²) < 4.78 is 0. The largest absolute Gasteiger partial charge is 0.344 e. The second-order valence-electron chi connectivity index (χ2n) is 1.93. The summed E-state index contributed by atoms with van der Waals surface area (Å²) in [5, 5.41) is 24.4. The van der Waals surface area contributed by atoms with E-state index in [0.717, 1.165) is 0 Å². The third kappa shape index (κ3) is 25.5. The Kier molecular flexibility index (Phi) is 8.29. The van der Waals surface area contributed by atoms with Crippen LogP contribution < -0.4 is 0 Å². The van der Waals surface area contributed by atoms with Crippen molar-refractivity contribution in [2.24, 2.45) is 0 Å². The first-order chi connectivity index (χ1) is 4.47. The van der Waals surface area contributed by atoms with Crippen LogP contribution >= 0.6 is 0 Å². The molecule has 62 valence electrons. The molecular formula is C7H16O3. The summed E-state index contributed by atoms with van der Waals surface area (Å²) in [7, 11) is 0. The van der Waals surface area contributed by atoms with E-state index in [9.17, 15) is 0 Å². The van der Waals surface area contributed by atoms with Crippen LogP contribution in [0.5, 0.6) is 0 Å². The first kappa shape index (κ1) is 12.3. The van der Waals surface area contributed by atoms with E-state index in [2.05, 4.69) is 6.58 Å². The van der Waals surface area contributed by atoms with E-state index in [-0.39, 0.29) is 6.42 Å². The molecule has 10 heavy (non-hydrogen) atoms. The van der Waals surface area contributed by atoms with Crippen molar-refractivity contribution in [2.45, 2.75) is 32.7 Å². The first-order valence-corrected chi connectivity index (χ1v) is 3.22. The fraction of sp³-hybridized carbons (Fsp3) is 0.714. The minimum absolute atomic E-state index is 0.00694. The van der Waals surface area contributed by atoms with Crippen LogP contribution in [-0.4, -0.2) is 21.3 Å². The molecule has 0 heterocycles. The van der Waals surface area contributed by atoms with Crippen molar-refractivity contribution in [3.63, 3.8) is 0 Å². The Balaban J connectivity index is 0. The molecule has 0 aliphatic rings. The number of hydrogen-bond acceptors (Lipinski definition) is 3. The maximum atomic E-state index is 8.13. The van der Waals surface area contributed by atoms with Crippen LogP contribution in [0.15, 0.2) is 12.7 Å².